The molecule has 5 heteroatoms. The van der Waals surface area contributed by atoms with E-state index in [9.17, 15) is 4.79 Å². The first-order chi connectivity index (χ1) is 8.70. The molecule has 4 nitrogen and oxygen atoms in total. The van der Waals surface area contributed by atoms with Crippen molar-refractivity contribution >= 4 is 17.5 Å². The molecule has 0 aliphatic carbocycles. The lowest BCUT2D eigenvalue weighted by atomic mass is 10.2. The number of furan rings is 1. The summed E-state index contributed by atoms with van der Waals surface area (Å²) in [5, 5.41) is 2.76. The molecule has 0 aromatic carbocycles. The van der Waals surface area contributed by atoms with Gasteiger partial charge < -0.3 is 9.73 Å². The molecular formula is C13H13ClN2O2. The molecule has 2 aromatic heterocycles. The quantitative estimate of drug-likeness (QED) is 0.864. The summed E-state index contributed by atoms with van der Waals surface area (Å²) in [7, 11) is 0. The molecule has 2 heterocycles. The smallest absolute Gasteiger partial charge is 0.287 e. The van der Waals surface area contributed by atoms with Gasteiger partial charge in [-0.25, -0.2) is 0 Å². The predicted molar refractivity (Wildman–Crippen MR) is 68.4 cm³/mol. The van der Waals surface area contributed by atoms with Gasteiger partial charge in [-0.15, -0.1) is 11.6 Å². The van der Waals surface area contributed by atoms with Crippen LogP contribution in [0.4, 0.5) is 0 Å². The number of aromatic nitrogens is 1. The van der Waals surface area contributed by atoms with Crippen molar-refractivity contribution < 1.29 is 9.21 Å². The molecule has 2 aromatic rings. The maximum absolute atomic E-state index is 11.8. The van der Waals surface area contributed by atoms with Gasteiger partial charge in [0, 0.05) is 24.5 Å². The van der Waals surface area contributed by atoms with Gasteiger partial charge in [-0.05, 0) is 24.6 Å². The van der Waals surface area contributed by atoms with Gasteiger partial charge in [0.15, 0.2) is 5.76 Å². The molecule has 18 heavy (non-hydrogen) atoms. The summed E-state index contributed by atoms with van der Waals surface area (Å²) >= 11 is 5.72. The van der Waals surface area contributed by atoms with Crippen LogP contribution in [-0.2, 0) is 12.4 Å². The van der Waals surface area contributed by atoms with Crippen LogP contribution in [0.3, 0.4) is 0 Å². The number of hydrogen-bond acceptors (Lipinski definition) is 3. The van der Waals surface area contributed by atoms with Crippen LogP contribution in [0, 0.1) is 6.92 Å². The third-order valence-corrected chi connectivity index (χ3v) is 2.85. The highest BCUT2D eigenvalue weighted by molar-refractivity contribution is 6.17. The van der Waals surface area contributed by atoms with Crippen LogP contribution in [0.5, 0.6) is 0 Å². The minimum atomic E-state index is -0.252. The fourth-order valence-corrected chi connectivity index (χ4v) is 1.80. The van der Waals surface area contributed by atoms with Crippen LogP contribution < -0.4 is 5.32 Å². The Morgan fingerprint density at radius 3 is 3.00 bits per heavy atom. The van der Waals surface area contributed by atoms with E-state index in [4.69, 9.17) is 16.0 Å². The molecule has 0 spiro atoms. The molecule has 0 aliphatic heterocycles. The zero-order valence-corrected chi connectivity index (χ0v) is 10.7. The highest BCUT2D eigenvalue weighted by atomic mass is 35.5. The van der Waals surface area contributed by atoms with Crippen LogP contribution in [0.15, 0.2) is 35.0 Å². The number of alkyl halides is 1. The molecule has 0 unspecified atom stereocenters. The van der Waals surface area contributed by atoms with E-state index in [-0.39, 0.29) is 11.7 Å². The topological polar surface area (TPSA) is 55.1 Å². The molecule has 0 bridgehead atoms. The number of rotatable bonds is 4. The normalized spacial score (nSPS) is 10.3. The minimum Gasteiger partial charge on any atom is -0.456 e. The third kappa shape index (κ3) is 2.90. The average molecular weight is 265 g/mol. The van der Waals surface area contributed by atoms with Gasteiger partial charge >= 0.3 is 0 Å². The van der Waals surface area contributed by atoms with Crippen molar-refractivity contribution in [3.8, 4) is 0 Å². The lowest BCUT2D eigenvalue weighted by molar-refractivity contribution is 0.0922. The second-order valence-electron chi connectivity index (χ2n) is 3.87. The lowest BCUT2D eigenvalue weighted by Gasteiger charge is -2.02. The number of nitrogens with zero attached hydrogens (tertiary/aromatic N) is 1. The molecule has 2 rings (SSSR count). The number of pyridine rings is 1. The Morgan fingerprint density at radius 1 is 1.56 bits per heavy atom. The Labute approximate surface area is 110 Å². The Bertz CT molecular complexity index is 537. The van der Waals surface area contributed by atoms with Crippen molar-refractivity contribution in [2.45, 2.75) is 19.3 Å². The van der Waals surface area contributed by atoms with Gasteiger partial charge in [-0.3, -0.25) is 9.78 Å². The van der Waals surface area contributed by atoms with Gasteiger partial charge in [-0.2, -0.15) is 0 Å². The van der Waals surface area contributed by atoms with Crippen LogP contribution in [0.2, 0.25) is 0 Å². The van der Waals surface area contributed by atoms with Crippen molar-refractivity contribution in [1.29, 1.82) is 0 Å². The van der Waals surface area contributed by atoms with Crippen molar-refractivity contribution in [2.24, 2.45) is 0 Å². The van der Waals surface area contributed by atoms with E-state index in [0.29, 0.717) is 18.2 Å². The largest absolute Gasteiger partial charge is 0.456 e. The SMILES string of the molecule is Cc1oc(C(=O)NCc2cccnc2)cc1CCl. The van der Waals surface area contributed by atoms with Gasteiger partial charge in [-0.1, -0.05) is 6.07 Å². The summed E-state index contributed by atoms with van der Waals surface area (Å²) in [5.41, 5.74) is 1.77. The highest BCUT2D eigenvalue weighted by Gasteiger charge is 2.13. The molecule has 0 saturated heterocycles. The van der Waals surface area contributed by atoms with Crippen LogP contribution >= 0.6 is 11.6 Å². The molecule has 0 aliphatic rings. The van der Waals surface area contributed by atoms with Gasteiger partial charge in [0.05, 0.1) is 5.88 Å². The summed E-state index contributed by atoms with van der Waals surface area (Å²) in [4.78, 5) is 15.8. The molecule has 0 saturated carbocycles. The second-order valence-corrected chi connectivity index (χ2v) is 4.14. The van der Waals surface area contributed by atoms with E-state index in [1.807, 2.05) is 12.1 Å². The number of carbonyl (C=O) groups excluding carboxylic acids is 1. The number of halogens is 1. The molecule has 1 amide bonds. The van der Waals surface area contributed by atoms with Crippen LogP contribution in [-0.4, -0.2) is 10.9 Å². The van der Waals surface area contributed by atoms with E-state index < -0.39 is 0 Å². The summed E-state index contributed by atoms with van der Waals surface area (Å²) in [6.45, 7) is 2.21. The van der Waals surface area contributed by atoms with E-state index in [1.54, 1.807) is 25.4 Å². The Kier molecular flexibility index (Phi) is 3.99. The number of hydrogen-bond donors (Lipinski definition) is 1. The maximum atomic E-state index is 11.8. The number of nitrogens with one attached hydrogen (secondary N) is 1. The fourth-order valence-electron chi connectivity index (χ4n) is 1.54. The average Bonchev–Trinajstić information content (AvgIpc) is 2.78. The van der Waals surface area contributed by atoms with Crippen LogP contribution in [0.1, 0.15) is 27.4 Å². The zero-order chi connectivity index (χ0) is 13.0. The van der Waals surface area contributed by atoms with Crippen molar-refractivity contribution in [3.63, 3.8) is 0 Å². The number of carbonyl (C=O) groups is 1. The Balaban J connectivity index is 1.99. The maximum Gasteiger partial charge on any atom is 0.287 e. The van der Waals surface area contributed by atoms with Gasteiger partial charge in [0.1, 0.15) is 5.76 Å². The lowest BCUT2D eigenvalue weighted by Crippen LogP contribution is -2.22. The van der Waals surface area contributed by atoms with E-state index in [1.165, 1.54) is 0 Å². The van der Waals surface area contributed by atoms with Gasteiger partial charge in [0.2, 0.25) is 0 Å². The Hall–Kier alpha value is -1.81. The molecule has 1 N–H and O–H groups in total. The third-order valence-electron chi connectivity index (χ3n) is 2.56. The fraction of sp³-hybridized carbons (Fsp3) is 0.231. The van der Waals surface area contributed by atoms with Gasteiger partial charge in [0.25, 0.3) is 5.91 Å². The highest BCUT2D eigenvalue weighted by Crippen LogP contribution is 2.16. The summed E-state index contributed by atoms with van der Waals surface area (Å²) in [5.74, 6) is 1.05. The summed E-state index contributed by atoms with van der Waals surface area (Å²) in [6, 6.07) is 5.38. The molecule has 0 fully saturated rings. The van der Waals surface area contributed by atoms with E-state index >= 15 is 0 Å². The van der Waals surface area contributed by atoms with Crippen molar-refractivity contribution in [1.82, 2.24) is 10.3 Å². The first-order valence-electron chi connectivity index (χ1n) is 5.53. The van der Waals surface area contributed by atoms with E-state index in [0.717, 1.165) is 11.1 Å². The minimum absolute atomic E-state index is 0.252. The second kappa shape index (κ2) is 5.69. The predicted octanol–water partition coefficient (Wildman–Crippen LogP) is 2.65. The molecular weight excluding hydrogens is 252 g/mol. The number of aryl methyl sites for hydroxylation is 1. The standard InChI is InChI=1S/C13H13ClN2O2/c1-9-11(6-14)5-12(18-9)13(17)16-8-10-3-2-4-15-7-10/h2-5,7H,6,8H2,1H3,(H,16,17). The van der Waals surface area contributed by atoms with E-state index in [2.05, 4.69) is 10.3 Å². The molecule has 94 valence electrons. The number of amides is 1. The van der Waals surface area contributed by atoms with Crippen molar-refractivity contribution in [2.75, 3.05) is 0 Å². The van der Waals surface area contributed by atoms with Crippen LogP contribution in [0.25, 0.3) is 0 Å². The first kappa shape index (κ1) is 12.6. The zero-order valence-electron chi connectivity index (χ0n) is 9.94. The van der Waals surface area contributed by atoms with Crippen molar-refractivity contribution in [3.05, 3.63) is 53.2 Å². The monoisotopic (exact) mass is 264 g/mol. The molecule has 0 radical (unpaired) electrons. The molecule has 0 atom stereocenters. The summed E-state index contributed by atoms with van der Waals surface area (Å²) in [6.07, 6.45) is 3.39. The first-order valence-corrected chi connectivity index (χ1v) is 6.06. The summed E-state index contributed by atoms with van der Waals surface area (Å²) < 4.78 is 5.34. The Morgan fingerprint density at radius 2 is 2.39 bits per heavy atom.